The van der Waals surface area contributed by atoms with Crippen molar-refractivity contribution in [2.45, 2.75) is 72.0 Å². The molecule has 1 unspecified atom stereocenters. The van der Waals surface area contributed by atoms with E-state index in [1.807, 2.05) is 0 Å². The van der Waals surface area contributed by atoms with E-state index < -0.39 is 0 Å². The summed E-state index contributed by atoms with van der Waals surface area (Å²) in [7, 11) is 0. The summed E-state index contributed by atoms with van der Waals surface area (Å²) in [5.74, 6) is 0. The minimum absolute atomic E-state index is 0.330. The van der Waals surface area contributed by atoms with E-state index in [9.17, 15) is 0 Å². The van der Waals surface area contributed by atoms with Gasteiger partial charge >= 0.3 is 0 Å². The lowest BCUT2D eigenvalue weighted by Gasteiger charge is -2.44. The molecule has 1 aliphatic rings. The van der Waals surface area contributed by atoms with Crippen LogP contribution in [0.4, 0.5) is 0 Å². The molecule has 1 N–H and O–H groups in total. The van der Waals surface area contributed by atoms with Crippen molar-refractivity contribution >= 4 is 0 Å². The van der Waals surface area contributed by atoms with Gasteiger partial charge in [0.15, 0.2) is 0 Å². The summed E-state index contributed by atoms with van der Waals surface area (Å²) >= 11 is 0. The summed E-state index contributed by atoms with van der Waals surface area (Å²) < 4.78 is 0. The first-order valence-electron chi connectivity index (χ1n) is 8.03. The maximum Gasteiger partial charge on any atom is 0.0126 e. The fourth-order valence-corrected chi connectivity index (χ4v) is 2.80. The number of rotatable bonds is 6. The topological polar surface area (TPSA) is 18.5 Å². The summed E-state index contributed by atoms with van der Waals surface area (Å²) in [6, 6.07) is 1.35. The normalized spacial score (nSPS) is 21.0. The molecule has 0 amide bonds. The first-order valence-corrected chi connectivity index (χ1v) is 8.03. The number of nitrogens with one attached hydrogen (secondary N) is 1. The van der Waals surface area contributed by atoms with Crippen LogP contribution < -0.4 is 5.32 Å². The Bertz CT molecular complexity index is 237. The van der Waals surface area contributed by atoms with E-state index in [1.165, 1.54) is 39.0 Å². The molecule has 0 aromatic carbocycles. The highest BCUT2D eigenvalue weighted by molar-refractivity contribution is 4.83. The molecule has 3 nitrogen and oxygen atoms in total. The maximum absolute atomic E-state index is 3.50. The molecule has 0 spiro atoms. The van der Waals surface area contributed by atoms with E-state index >= 15 is 0 Å². The number of piperazine rings is 1. The van der Waals surface area contributed by atoms with Gasteiger partial charge in [-0.2, -0.15) is 0 Å². The minimum Gasteiger partial charge on any atom is -0.315 e. The van der Waals surface area contributed by atoms with Crippen molar-refractivity contribution in [1.29, 1.82) is 0 Å². The molecule has 1 fully saturated rings. The van der Waals surface area contributed by atoms with Crippen LogP contribution in [-0.2, 0) is 0 Å². The average Bonchev–Trinajstić information content (AvgIpc) is 2.33. The van der Waals surface area contributed by atoms with Crippen LogP contribution >= 0.6 is 0 Å². The predicted molar refractivity (Wildman–Crippen MR) is 84.7 cm³/mol. The molecular weight excluding hydrogens is 234 g/mol. The van der Waals surface area contributed by atoms with Crippen molar-refractivity contribution in [2.75, 3.05) is 32.7 Å². The van der Waals surface area contributed by atoms with Crippen molar-refractivity contribution in [2.24, 2.45) is 0 Å². The first-order chi connectivity index (χ1) is 8.80. The number of nitrogens with zero attached hydrogens (tertiary/aromatic N) is 2. The van der Waals surface area contributed by atoms with Gasteiger partial charge in [0.05, 0.1) is 0 Å². The van der Waals surface area contributed by atoms with Gasteiger partial charge in [0.2, 0.25) is 0 Å². The van der Waals surface area contributed by atoms with Crippen LogP contribution in [-0.4, -0.2) is 60.1 Å². The van der Waals surface area contributed by atoms with Crippen molar-refractivity contribution in [3.8, 4) is 0 Å². The second-order valence-corrected chi connectivity index (χ2v) is 7.29. The maximum atomic E-state index is 3.50. The first kappa shape index (κ1) is 16.9. The third-order valence-corrected chi connectivity index (χ3v) is 4.24. The van der Waals surface area contributed by atoms with Crippen LogP contribution in [0, 0.1) is 0 Å². The Morgan fingerprint density at radius 1 is 1.00 bits per heavy atom. The summed E-state index contributed by atoms with van der Waals surface area (Å²) in [4.78, 5) is 5.27. The summed E-state index contributed by atoms with van der Waals surface area (Å²) in [6.07, 6.45) is 2.61. The lowest BCUT2D eigenvalue weighted by atomic mass is 10.0. The van der Waals surface area contributed by atoms with E-state index in [4.69, 9.17) is 0 Å². The van der Waals surface area contributed by atoms with Gasteiger partial charge in [-0.15, -0.1) is 0 Å². The van der Waals surface area contributed by atoms with E-state index in [2.05, 4.69) is 56.7 Å². The SMILES string of the molecule is CC(C)NCCCC(C)N1CCN(C(C)(C)C)CC1. The molecule has 0 bridgehead atoms. The zero-order valence-electron chi connectivity index (χ0n) is 14.0. The molecule has 1 saturated heterocycles. The Morgan fingerprint density at radius 2 is 1.58 bits per heavy atom. The third-order valence-electron chi connectivity index (χ3n) is 4.24. The molecule has 1 atom stereocenters. The van der Waals surface area contributed by atoms with Crippen molar-refractivity contribution in [3.05, 3.63) is 0 Å². The quantitative estimate of drug-likeness (QED) is 0.748. The van der Waals surface area contributed by atoms with Gasteiger partial charge < -0.3 is 5.32 Å². The summed E-state index contributed by atoms with van der Waals surface area (Å²) in [5, 5.41) is 3.50. The molecule has 3 heteroatoms. The highest BCUT2D eigenvalue weighted by atomic mass is 15.3. The number of hydrogen-bond acceptors (Lipinski definition) is 3. The van der Waals surface area contributed by atoms with Crippen LogP contribution in [0.25, 0.3) is 0 Å². The second-order valence-electron chi connectivity index (χ2n) is 7.29. The van der Waals surface area contributed by atoms with Gasteiger partial charge in [-0.1, -0.05) is 13.8 Å². The molecule has 114 valence electrons. The second kappa shape index (κ2) is 7.61. The zero-order valence-corrected chi connectivity index (χ0v) is 14.0. The molecule has 0 aliphatic carbocycles. The Balaban J connectivity index is 2.20. The highest BCUT2D eigenvalue weighted by Crippen LogP contribution is 2.18. The van der Waals surface area contributed by atoms with Gasteiger partial charge in [-0.05, 0) is 47.1 Å². The lowest BCUT2D eigenvalue weighted by Crippen LogP contribution is -2.55. The van der Waals surface area contributed by atoms with Gasteiger partial charge in [0.25, 0.3) is 0 Å². The van der Waals surface area contributed by atoms with E-state index in [1.54, 1.807) is 0 Å². The Hall–Kier alpha value is -0.120. The van der Waals surface area contributed by atoms with Crippen LogP contribution in [0.3, 0.4) is 0 Å². The standard InChI is InChI=1S/C16H35N3/c1-14(2)17-9-7-8-15(3)18-10-12-19(13-11-18)16(4,5)6/h14-15,17H,7-13H2,1-6H3. The predicted octanol–water partition coefficient (Wildman–Crippen LogP) is 2.57. The summed E-state index contributed by atoms with van der Waals surface area (Å²) in [5.41, 5.74) is 0.330. The lowest BCUT2D eigenvalue weighted by molar-refractivity contribution is 0.0435. The largest absolute Gasteiger partial charge is 0.315 e. The Morgan fingerprint density at radius 3 is 2.05 bits per heavy atom. The van der Waals surface area contributed by atoms with Crippen LogP contribution in [0.5, 0.6) is 0 Å². The molecule has 19 heavy (non-hydrogen) atoms. The Labute approximate surface area is 120 Å². The molecule has 0 saturated carbocycles. The van der Waals surface area contributed by atoms with Crippen LogP contribution in [0.1, 0.15) is 54.4 Å². The fraction of sp³-hybridized carbons (Fsp3) is 1.00. The van der Waals surface area contributed by atoms with E-state index in [0.29, 0.717) is 11.6 Å². The molecule has 0 aromatic heterocycles. The summed E-state index contributed by atoms with van der Waals surface area (Å²) in [6.45, 7) is 19.9. The van der Waals surface area contributed by atoms with Crippen molar-refractivity contribution < 1.29 is 0 Å². The molecule has 0 radical (unpaired) electrons. The monoisotopic (exact) mass is 269 g/mol. The third kappa shape index (κ3) is 6.24. The van der Waals surface area contributed by atoms with Gasteiger partial charge in [0.1, 0.15) is 0 Å². The molecular formula is C16H35N3. The molecule has 1 aliphatic heterocycles. The average molecular weight is 269 g/mol. The van der Waals surface area contributed by atoms with Gasteiger partial charge in [0, 0.05) is 43.8 Å². The smallest absolute Gasteiger partial charge is 0.0126 e. The molecule has 1 rings (SSSR count). The fourth-order valence-electron chi connectivity index (χ4n) is 2.80. The van der Waals surface area contributed by atoms with Crippen LogP contribution in [0.2, 0.25) is 0 Å². The Kier molecular flexibility index (Phi) is 6.78. The highest BCUT2D eigenvalue weighted by Gasteiger charge is 2.27. The van der Waals surface area contributed by atoms with Crippen LogP contribution in [0.15, 0.2) is 0 Å². The van der Waals surface area contributed by atoms with Gasteiger partial charge in [-0.3, -0.25) is 9.80 Å². The molecule has 1 heterocycles. The van der Waals surface area contributed by atoms with Crippen molar-refractivity contribution in [1.82, 2.24) is 15.1 Å². The van der Waals surface area contributed by atoms with E-state index in [0.717, 1.165) is 12.6 Å². The molecule has 0 aromatic rings. The van der Waals surface area contributed by atoms with Crippen molar-refractivity contribution in [3.63, 3.8) is 0 Å². The zero-order chi connectivity index (χ0) is 14.5. The number of hydrogen-bond donors (Lipinski definition) is 1. The van der Waals surface area contributed by atoms with E-state index in [-0.39, 0.29) is 0 Å². The minimum atomic E-state index is 0.330. The van der Waals surface area contributed by atoms with Gasteiger partial charge in [-0.25, -0.2) is 0 Å².